The van der Waals surface area contributed by atoms with Crippen molar-refractivity contribution < 1.29 is 5.11 Å². The lowest BCUT2D eigenvalue weighted by Gasteiger charge is -1.98. The van der Waals surface area contributed by atoms with E-state index in [1.54, 1.807) is 12.1 Å². The van der Waals surface area contributed by atoms with Gasteiger partial charge in [-0.3, -0.25) is 5.43 Å². The first-order valence-corrected chi connectivity index (χ1v) is 6.97. The minimum absolute atomic E-state index is 0.0887. The van der Waals surface area contributed by atoms with Crippen LogP contribution in [0.5, 0.6) is 0 Å². The Kier molecular flexibility index (Phi) is 4.82. The molecule has 0 bridgehead atoms. The van der Waals surface area contributed by atoms with Gasteiger partial charge in [0, 0.05) is 29.7 Å². The number of aliphatic hydroxyl groups excluding tert-OH is 1. The Morgan fingerprint density at radius 3 is 2.85 bits per heavy atom. The molecule has 2 aromatic rings. The summed E-state index contributed by atoms with van der Waals surface area (Å²) >= 11 is 1.46. The lowest BCUT2D eigenvalue weighted by molar-refractivity contribution is 0.307. The summed E-state index contributed by atoms with van der Waals surface area (Å²) in [5.74, 6) is 0. The molecule has 0 amide bonds. The summed E-state index contributed by atoms with van der Waals surface area (Å²) in [5, 5.41) is 24.3. The van der Waals surface area contributed by atoms with Crippen molar-refractivity contribution in [1.82, 2.24) is 4.98 Å². The molecular formula is C14H14N4OS. The zero-order valence-corrected chi connectivity index (χ0v) is 11.8. The molecular weight excluding hydrogens is 272 g/mol. The highest BCUT2D eigenvalue weighted by Crippen LogP contribution is 2.25. The Bertz CT molecular complexity index is 640. The molecule has 0 spiro atoms. The molecule has 0 aliphatic carbocycles. The molecule has 2 N–H and O–H groups in total. The second-order valence-electron chi connectivity index (χ2n) is 4.16. The molecule has 0 saturated heterocycles. The predicted octanol–water partition coefficient (Wildman–Crippen LogP) is 2.85. The smallest absolute Gasteiger partial charge is 0.203 e. The highest BCUT2D eigenvalue weighted by Gasteiger charge is 2.04. The van der Waals surface area contributed by atoms with E-state index < -0.39 is 0 Å². The summed E-state index contributed by atoms with van der Waals surface area (Å²) < 4.78 is 0. The van der Waals surface area contributed by atoms with Crippen molar-refractivity contribution in [3.05, 3.63) is 35.2 Å². The van der Waals surface area contributed by atoms with E-state index in [-0.39, 0.29) is 6.61 Å². The minimum atomic E-state index is 0.0887. The topological polar surface area (TPSA) is 81.3 Å². The molecule has 0 aliphatic rings. The zero-order valence-electron chi connectivity index (χ0n) is 11.0. The van der Waals surface area contributed by atoms with E-state index >= 15 is 0 Å². The van der Waals surface area contributed by atoms with E-state index in [9.17, 15) is 0 Å². The van der Waals surface area contributed by atoms with Crippen LogP contribution in [0.25, 0.3) is 11.3 Å². The SMILES string of the molecule is CC(CCO)=NNc1nc(-c2ccc(C#N)cc2)cs1. The normalized spacial score (nSPS) is 11.2. The Labute approximate surface area is 121 Å². The maximum atomic E-state index is 8.78. The molecule has 0 unspecified atom stereocenters. The molecule has 1 heterocycles. The van der Waals surface area contributed by atoms with Crippen LogP contribution in [0.1, 0.15) is 18.9 Å². The number of hydrogen-bond acceptors (Lipinski definition) is 6. The third-order valence-electron chi connectivity index (χ3n) is 2.63. The van der Waals surface area contributed by atoms with E-state index in [0.29, 0.717) is 17.1 Å². The molecule has 0 aliphatic heterocycles. The van der Waals surface area contributed by atoms with Gasteiger partial charge >= 0.3 is 0 Å². The van der Waals surface area contributed by atoms with Crippen LogP contribution in [-0.2, 0) is 0 Å². The molecule has 0 radical (unpaired) electrons. The van der Waals surface area contributed by atoms with Gasteiger partial charge in [0.15, 0.2) is 0 Å². The summed E-state index contributed by atoms with van der Waals surface area (Å²) in [5.41, 5.74) is 6.13. The summed E-state index contributed by atoms with van der Waals surface area (Å²) in [4.78, 5) is 4.42. The molecule has 1 aromatic carbocycles. The largest absolute Gasteiger partial charge is 0.396 e. The number of nitrogens with one attached hydrogen (secondary N) is 1. The summed E-state index contributed by atoms with van der Waals surface area (Å²) in [6.45, 7) is 1.93. The van der Waals surface area contributed by atoms with Crippen LogP contribution in [0.15, 0.2) is 34.7 Å². The van der Waals surface area contributed by atoms with Crippen molar-refractivity contribution in [2.24, 2.45) is 5.10 Å². The molecule has 20 heavy (non-hydrogen) atoms. The van der Waals surface area contributed by atoms with E-state index in [2.05, 4.69) is 21.6 Å². The van der Waals surface area contributed by atoms with Crippen LogP contribution in [0.4, 0.5) is 5.13 Å². The third-order valence-corrected chi connectivity index (χ3v) is 3.38. The molecule has 1 aromatic heterocycles. The second-order valence-corrected chi connectivity index (χ2v) is 5.02. The van der Waals surface area contributed by atoms with Crippen LogP contribution in [0.2, 0.25) is 0 Å². The van der Waals surface area contributed by atoms with Gasteiger partial charge in [0.1, 0.15) is 0 Å². The molecule has 2 rings (SSSR count). The Hall–Kier alpha value is -2.23. The highest BCUT2D eigenvalue weighted by molar-refractivity contribution is 7.14. The molecule has 102 valence electrons. The number of aliphatic hydroxyl groups is 1. The summed E-state index contributed by atoms with van der Waals surface area (Å²) in [7, 11) is 0. The molecule has 6 heteroatoms. The van der Waals surface area contributed by atoms with E-state index in [1.165, 1.54) is 11.3 Å². The van der Waals surface area contributed by atoms with Crippen LogP contribution >= 0.6 is 11.3 Å². The fourth-order valence-corrected chi connectivity index (χ4v) is 2.20. The second kappa shape index (κ2) is 6.80. The van der Waals surface area contributed by atoms with E-state index in [4.69, 9.17) is 10.4 Å². The molecule has 0 fully saturated rings. The van der Waals surface area contributed by atoms with Gasteiger partial charge in [-0.2, -0.15) is 10.4 Å². The lowest BCUT2D eigenvalue weighted by atomic mass is 10.1. The molecule has 0 saturated carbocycles. The number of aromatic nitrogens is 1. The van der Waals surface area contributed by atoms with Gasteiger partial charge in [0.2, 0.25) is 5.13 Å². The van der Waals surface area contributed by atoms with E-state index in [0.717, 1.165) is 17.0 Å². The van der Waals surface area contributed by atoms with Crippen LogP contribution in [0.3, 0.4) is 0 Å². The van der Waals surface area contributed by atoms with Gasteiger partial charge in [0.25, 0.3) is 0 Å². The number of nitrogens with zero attached hydrogens (tertiary/aromatic N) is 3. The van der Waals surface area contributed by atoms with Crippen molar-refractivity contribution in [3.63, 3.8) is 0 Å². The number of hydrazone groups is 1. The average Bonchev–Trinajstić information content (AvgIpc) is 2.94. The molecule has 0 atom stereocenters. The van der Waals surface area contributed by atoms with Gasteiger partial charge < -0.3 is 5.11 Å². The maximum Gasteiger partial charge on any atom is 0.203 e. The Morgan fingerprint density at radius 2 is 2.20 bits per heavy atom. The Balaban J connectivity index is 2.08. The van der Waals surface area contributed by atoms with Crippen molar-refractivity contribution in [2.45, 2.75) is 13.3 Å². The van der Waals surface area contributed by atoms with Crippen LogP contribution in [-0.4, -0.2) is 22.4 Å². The van der Waals surface area contributed by atoms with Gasteiger partial charge in [0.05, 0.1) is 17.3 Å². The first kappa shape index (κ1) is 14.2. The van der Waals surface area contributed by atoms with E-state index in [1.807, 2.05) is 24.4 Å². The van der Waals surface area contributed by atoms with Gasteiger partial charge in [-0.05, 0) is 19.1 Å². The highest BCUT2D eigenvalue weighted by atomic mass is 32.1. The molecule has 5 nitrogen and oxygen atoms in total. The number of hydrogen-bond donors (Lipinski definition) is 2. The zero-order chi connectivity index (χ0) is 14.4. The number of benzene rings is 1. The van der Waals surface area contributed by atoms with Crippen molar-refractivity contribution in [1.29, 1.82) is 5.26 Å². The van der Waals surface area contributed by atoms with Crippen LogP contribution in [0, 0.1) is 11.3 Å². The average molecular weight is 286 g/mol. The number of nitriles is 1. The van der Waals surface area contributed by atoms with Gasteiger partial charge in [-0.1, -0.05) is 12.1 Å². The number of rotatable bonds is 5. The maximum absolute atomic E-state index is 8.78. The fraction of sp³-hybridized carbons (Fsp3) is 0.214. The minimum Gasteiger partial charge on any atom is -0.396 e. The summed E-state index contributed by atoms with van der Waals surface area (Å²) in [6.07, 6.45) is 0.543. The van der Waals surface area contributed by atoms with Gasteiger partial charge in [-0.25, -0.2) is 4.98 Å². The third kappa shape index (κ3) is 3.63. The van der Waals surface area contributed by atoms with Crippen molar-refractivity contribution in [2.75, 3.05) is 12.0 Å². The predicted molar refractivity (Wildman–Crippen MR) is 80.7 cm³/mol. The fourth-order valence-electron chi connectivity index (χ4n) is 1.53. The standard InChI is InChI=1S/C14H14N4OS/c1-10(6-7-19)17-18-14-16-13(9-20-14)12-4-2-11(8-15)3-5-12/h2-5,9,19H,6-7H2,1H3,(H,16,18). The van der Waals surface area contributed by atoms with Gasteiger partial charge in [-0.15, -0.1) is 11.3 Å². The quantitative estimate of drug-likeness (QED) is 0.654. The number of thiazole rings is 1. The van der Waals surface area contributed by atoms with Crippen molar-refractivity contribution in [3.8, 4) is 17.3 Å². The first-order valence-electron chi connectivity index (χ1n) is 6.09. The first-order chi connectivity index (χ1) is 9.72. The lowest BCUT2D eigenvalue weighted by Crippen LogP contribution is -1.99. The monoisotopic (exact) mass is 286 g/mol. The van der Waals surface area contributed by atoms with Crippen molar-refractivity contribution >= 4 is 22.2 Å². The Morgan fingerprint density at radius 1 is 1.45 bits per heavy atom. The number of anilines is 1. The summed E-state index contributed by atoms with van der Waals surface area (Å²) in [6, 6.07) is 9.37. The van der Waals surface area contributed by atoms with Crippen LogP contribution < -0.4 is 5.43 Å².